The van der Waals surface area contributed by atoms with Crippen LogP contribution in [0.1, 0.15) is 12.0 Å². The lowest BCUT2D eigenvalue weighted by molar-refractivity contribution is -0.138. The van der Waals surface area contributed by atoms with Crippen molar-refractivity contribution in [1.82, 2.24) is 9.55 Å². The van der Waals surface area contributed by atoms with Gasteiger partial charge in [-0.2, -0.15) is 11.8 Å². The summed E-state index contributed by atoms with van der Waals surface area (Å²) in [5, 5.41) is 20.2. The molecule has 1 unspecified atom stereocenters. The van der Waals surface area contributed by atoms with Gasteiger partial charge in [-0.25, -0.2) is 4.79 Å². The molecule has 0 aliphatic carbocycles. The SMILES string of the molecule is CSCCC(N=Cc1c(O)n(-c2ccc(Cl)cc2)c(=S)[nH]c1=O)C(=O)O. The number of carboxylic acids is 1. The first-order chi connectivity index (χ1) is 12.3. The molecule has 0 radical (unpaired) electrons. The van der Waals surface area contributed by atoms with Gasteiger partial charge in [-0.05, 0) is 54.9 Å². The van der Waals surface area contributed by atoms with Crippen molar-refractivity contribution in [2.75, 3.05) is 12.0 Å². The molecule has 2 aromatic rings. The Labute approximate surface area is 163 Å². The van der Waals surface area contributed by atoms with Crippen LogP contribution >= 0.6 is 35.6 Å². The highest BCUT2D eigenvalue weighted by Crippen LogP contribution is 2.20. The maximum atomic E-state index is 12.1. The topological polar surface area (TPSA) is 108 Å². The normalized spacial score (nSPS) is 12.4. The summed E-state index contributed by atoms with van der Waals surface area (Å²) in [5.41, 5.74) is -0.348. The van der Waals surface area contributed by atoms with E-state index in [2.05, 4.69) is 9.98 Å². The van der Waals surface area contributed by atoms with Gasteiger partial charge in [-0.15, -0.1) is 0 Å². The summed E-state index contributed by atoms with van der Waals surface area (Å²) in [5.74, 6) is -0.928. The Bertz CT molecular complexity index is 938. The second-order valence-corrected chi connectivity index (χ2v) is 7.03. The number of hydrogen-bond acceptors (Lipinski definition) is 6. The number of aromatic amines is 1. The number of benzene rings is 1. The second kappa shape index (κ2) is 9.02. The highest BCUT2D eigenvalue weighted by molar-refractivity contribution is 7.98. The number of rotatable bonds is 7. The maximum Gasteiger partial charge on any atom is 0.328 e. The van der Waals surface area contributed by atoms with Crippen LogP contribution < -0.4 is 5.56 Å². The standard InChI is InChI=1S/C16H16ClN3O4S2/c1-26-7-6-12(15(23)24)18-8-11-13(21)19-16(25)20(14(11)22)10-4-2-9(17)3-5-10/h2-5,8,12,22H,6-7H2,1H3,(H,23,24)(H,19,21,25). The molecule has 0 saturated heterocycles. The predicted octanol–water partition coefficient (Wildman–Crippen LogP) is 2.88. The van der Waals surface area contributed by atoms with Gasteiger partial charge in [0.15, 0.2) is 4.77 Å². The zero-order valence-corrected chi connectivity index (χ0v) is 16.1. The molecule has 0 aliphatic heterocycles. The van der Waals surface area contributed by atoms with Crippen LogP contribution in [-0.4, -0.2) is 50.0 Å². The second-order valence-electron chi connectivity index (χ2n) is 5.22. The number of halogens is 1. The average Bonchev–Trinajstić information content (AvgIpc) is 2.58. The zero-order chi connectivity index (χ0) is 19.3. The van der Waals surface area contributed by atoms with Gasteiger partial charge in [0.05, 0.1) is 5.69 Å². The molecule has 1 heterocycles. The molecule has 1 atom stereocenters. The number of thioether (sulfide) groups is 1. The number of aliphatic carboxylic acids is 1. The lowest BCUT2D eigenvalue weighted by atomic mass is 10.2. The molecule has 26 heavy (non-hydrogen) atoms. The predicted molar refractivity (Wildman–Crippen MR) is 106 cm³/mol. The largest absolute Gasteiger partial charge is 0.494 e. The molecule has 0 spiro atoms. The summed E-state index contributed by atoms with van der Waals surface area (Å²) in [6.07, 6.45) is 3.23. The van der Waals surface area contributed by atoms with E-state index in [4.69, 9.17) is 23.8 Å². The Morgan fingerprint density at radius 1 is 1.46 bits per heavy atom. The number of aliphatic imine (C=N–C) groups is 1. The van der Waals surface area contributed by atoms with E-state index in [0.29, 0.717) is 22.9 Å². The van der Waals surface area contributed by atoms with Crippen molar-refractivity contribution in [2.24, 2.45) is 4.99 Å². The van der Waals surface area contributed by atoms with E-state index in [9.17, 15) is 19.8 Å². The Morgan fingerprint density at radius 3 is 2.69 bits per heavy atom. The molecule has 7 nitrogen and oxygen atoms in total. The summed E-state index contributed by atoms with van der Waals surface area (Å²) >= 11 is 12.5. The molecule has 0 saturated carbocycles. The summed E-state index contributed by atoms with van der Waals surface area (Å²) in [4.78, 5) is 29.8. The van der Waals surface area contributed by atoms with Gasteiger partial charge in [0.1, 0.15) is 11.6 Å². The van der Waals surface area contributed by atoms with Crippen LogP contribution in [0.15, 0.2) is 34.1 Å². The third-order valence-electron chi connectivity index (χ3n) is 3.47. The van der Waals surface area contributed by atoms with Crippen molar-refractivity contribution in [3.05, 3.63) is 50.0 Å². The van der Waals surface area contributed by atoms with Gasteiger partial charge in [-0.1, -0.05) is 11.6 Å². The fourth-order valence-electron chi connectivity index (χ4n) is 2.14. The molecule has 1 aromatic heterocycles. The van der Waals surface area contributed by atoms with E-state index in [-0.39, 0.29) is 10.3 Å². The molecule has 0 fully saturated rings. The van der Waals surface area contributed by atoms with Crippen molar-refractivity contribution in [2.45, 2.75) is 12.5 Å². The Kier molecular flexibility index (Phi) is 7.01. The van der Waals surface area contributed by atoms with Gasteiger partial charge < -0.3 is 10.2 Å². The monoisotopic (exact) mass is 413 g/mol. The first kappa shape index (κ1) is 20.2. The number of hydrogen-bond donors (Lipinski definition) is 3. The molecular formula is C16H16ClN3O4S2. The molecule has 0 aliphatic rings. The van der Waals surface area contributed by atoms with E-state index in [1.165, 1.54) is 16.3 Å². The highest BCUT2D eigenvalue weighted by Gasteiger charge is 2.17. The highest BCUT2D eigenvalue weighted by atomic mass is 35.5. The summed E-state index contributed by atoms with van der Waals surface area (Å²) in [6.45, 7) is 0. The number of H-pyrrole nitrogens is 1. The van der Waals surface area contributed by atoms with Crippen LogP contribution in [0.2, 0.25) is 5.02 Å². The Balaban J connectivity index is 2.49. The molecule has 3 N–H and O–H groups in total. The van der Waals surface area contributed by atoms with Gasteiger partial charge in [0, 0.05) is 11.2 Å². The third-order valence-corrected chi connectivity index (χ3v) is 4.65. The molecule has 10 heteroatoms. The van der Waals surface area contributed by atoms with E-state index >= 15 is 0 Å². The van der Waals surface area contributed by atoms with E-state index < -0.39 is 23.5 Å². The van der Waals surface area contributed by atoms with Crippen LogP contribution in [0.3, 0.4) is 0 Å². The summed E-state index contributed by atoms with van der Waals surface area (Å²) in [6, 6.07) is 5.46. The van der Waals surface area contributed by atoms with Crippen LogP contribution in [0.5, 0.6) is 5.88 Å². The van der Waals surface area contributed by atoms with Gasteiger partial charge in [-0.3, -0.25) is 19.3 Å². The fourth-order valence-corrected chi connectivity index (χ4v) is 3.01. The first-order valence-electron chi connectivity index (χ1n) is 7.44. The summed E-state index contributed by atoms with van der Waals surface area (Å²) < 4.78 is 1.23. The number of nitrogens with one attached hydrogen (secondary N) is 1. The molecule has 0 bridgehead atoms. The van der Waals surface area contributed by atoms with Gasteiger partial charge in [0.25, 0.3) is 5.56 Å². The molecule has 0 amide bonds. The van der Waals surface area contributed by atoms with E-state index in [0.717, 1.165) is 6.21 Å². The third kappa shape index (κ3) is 4.75. The minimum Gasteiger partial charge on any atom is -0.494 e. The van der Waals surface area contributed by atoms with Crippen molar-refractivity contribution in [3.63, 3.8) is 0 Å². The van der Waals surface area contributed by atoms with Gasteiger partial charge >= 0.3 is 5.97 Å². The minimum absolute atomic E-state index is 0.0101. The van der Waals surface area contributed by atoms with Crippen molar-refractivity contribution < 1.29 is 15.0 Å². The lowest BCUT2D eigenvalue weighted by Crippen LogP contribution is -2.21. The quantitative estimate of drug-likeness (QED) is 0.476. The maximum absolute atomic E-state index is 12.1. The van der Waals surface area contributed by atoms with Crippen molar-refractivity contribution >= 4 is 47.8 Å². The number of nitrogens with zero attached hydrogens (tertiary/aromatic N) is 2. The smallest absolute Gasteiger partial charge is 0.328 e. The molecule has 2 rings (SSSR count). The van der Waals surface area contributed by atoms with Crippen LogP contribution in [0.25, 0.3) is 5.69 Å². The minimum atomic E-state index is -1.10. The van der Waals surface area contributed by atoms with Crippen LogP contribution in [0.4, 0.5) is 0 Å². The zero-order valence-electron chi connectivity index (χ0n) is 13.7. The van der Waals surface area contributed by atoms with Crippen molar-refractivity contribution in [3.8, 4) is 11.6 Å². The first-order valence-corrected chi connectivity index (χ1v) is 9.62. The average molecular weight is 414 g/mol. The number of carboxylic acid groups (broad SMARTS) is 1. The van der Waals surface area contributed by atoms with Crippen LogP contribution in [0, 0.1) is 4.77 Å². The molecular weight excluding hydrogens is 398 g/mol. The number of carbonyl (C=O) groups is 1. The number of aromatic hydroxyl groups is 1. The Hall–Kier alpha value is -2.10. The van der Waals surface area contributed by atoms with Gasteiger partial charge in [0.2, 0.25) is 5.88 Å². The fraction of sp³-hybridized carbons (Fsp3) is 0.250. The van der Waals surface area contributed by atoms with Crippen LogP contribution in [-0.2, 0) is 4.79 Å². The summed E-state index contributed by atoms with van der Waals surface area (Å²) in [7, 11) is 0. The molecule has 1 aromatic carbocycles. The van der Waals surface area contributed by atoms with Crippen molar-refractivity contribution in [1.29, 1.82) is 0 Å². The molecule has 138 valence electrons. The number of aromatic nitrogens is 2. The van der Waals surface area contributed by atoms with E-state index in [1.807, 2.05) is 6.26 Å². The Morgan fingerprint density at radius 2 is 2.12 bits per heavy atom. The lowest BCUT2D eigenvalue weighted by Gasteiger charge is -2.11. The van der Waals surface area contributed by atoms with E-state index in [1.54, 1.807) is 24.3 Å².